The van der Waals surface area contributed by atoms with E-state index >= 15 is 0 Å². The fourth-order valence-electron chi connectivity index (χ4n) is 1.28. The van der Waals surface area contributed by atoms with Crippen molar-refractivity contribution in [2.24, 2.45) is 0 Å². The van der Waals surface area contributed by atoms with E-state index in [0.717, 1.165) is 16.9 Å². The minimum absolute atomic E-state index is 0.585. The van der Waals surface area contributed by atoms with E-state index in [1.807, 2.05) is 25.1 Å². The second-order valence-corrected chi connectivity index (χ2v) is 4.20. The van der Waals surface area contributed by atoms with Gasteiger partial charge in [0.25, 0.3) is 0 Å². The molecule has 0 aliphatic rings. The predicted molar refractivity (Wildman–Crippen MR) is 81.7 cm³/mol. The fourth-order valence-corrected chi connectivity index (χ4v) is 1.50. The van der Waals surface area contributed by atoms with Gasteiger partial charge in [-0.05, 0) is 49.1 Å². The minimum atomic E-state index is 0.585. The van der Waals surface area contributed by atoms with Crippen molar-refractivity contribution in [1.29, 1.82) is 0 Å². The van der Waals surface area contributed by atoms with Crippen molar-refractivity contribution in [3.63, 3.8) is 0 Å². The molecule has 0 amide bonds. The van der Waals surface area contributed by atoms with Gasteiger partial charge in [0, 0.05) is 25.5 Å². The van der Waals surface area contributed by atoms with Crippen LogP contribution in [0.1, 0.15) is 5.56 Å². The average molecular weight is 268 g/mol. The molecule has 1 aromatic rings. The van der Waals surface area contributed by atoms with Crippen molar-refractivity contribution < 1.29 is 0 Å². The van der Waals surface area contributed by atoms with Crippen LogP contribution in [0.5, 0.6) is 0 Å². The Morgan fingerprint density at radius 2 is 1.35 bits per heavy atom. The van der Waals surface area contributed by atoms with E-state index in [2.05, 4.69) is 21.3 Å². The molecule has 0 aromatic heterocycles. The van der Waals surface area contributed by atoms with Crippen LogP contribution < -0.4 is 21.3 Å². The summed E-state index contributed by atoms with van der Waals surface area (Å²) in [6, 6.07) is 5.87. The van der Waals surface area contributed by atoms with Crippen LogP contribution in [0.15, 0.2) is 18.2 Å². The van der Waals surface area contributed by atoms with E-state index in [1.54, 1.807) is 14.1 Å². The zero-order valence-corrected chi connectivity index (χ0v) is 11.7. The summed E-state index contributed by atoms with van der Waals surface area (Å²) in [5, 5.41) is 13.1. The Morgan fingerprint density at radius 1 is 0.941 bits per heavy atom. The number of benzene rings is 1. The maximum absolute atomic E-state index is 5.07. The lowest BCUT2D eigenvalue weighted by Crippen LogP contribution is -2.26. The van der Waals surface area contributed by atoms with Crippen LogP contribution in [-0.2, 0) is 0 Å². The molecule has 0 spiro atoms. The molecule has 0 atom stereocenters. The van der Waals surface area contributed by atoms with Gasteiger partial charge in [0.05, 0.1) is 0 Å². The SMILES string of the molecule is CNC(=S)Nc1cccc(NC(=S)NC)c1C. The van der Waals surface area contributed by atoms with Gasteiger partial charge in [-0.3, -0.25) is 0 Å². The van der Waals surface area contributed by atoms with Crippen molar-refractivity contribution in [2.45, 2.75) is 6.92 Å². The van der Waals surface area contributed by atoms with E-state index in [1.165, 1.54) is 0 Å². The largest absolute Gasteiger partial charge is 0.366 e. The Morgan fingerprint density at radius 3 is 1.71 bits per heavy atom. The van der Waals surface area contributed by atoms with Crippen LogP contribution in [0, 0.1) is 6.92 Å². The Kier molecular flexibility index (Phi) is 5.11. The first-order valence-corrected chi connectivity index (χ1v) is 5.97. The molecule has 17 heavy (non-hydrogen) atoms. The number of hydrogen-bond donors (Lipinski definition) is 4. The van der Waals surface area contributed by atoms with Crippen molar-refractivity contribution in [3.05, 3.63) is 23.8 Å². The summed E-state index contributed by atoms with van der Waals surface area (Å²) in [6.07, 6.45) is 0. The molecule has 1 rings (SSSR count). The summed E-state index contributed by atoms with van der Waals surface area (Å²) in [7, 11) is 3.56. The van der Waals surface area contributed by atoms with Gasteiger partial charge in [0.2, 0.25) is 0 Å². The fraction of sp³-hybridized carbons (Fsp3) is 0.273. The third-order valence-corrected chi connectivity index (χ3v) is 2.90. The van der Waals surface area contributed by atoms with Gasteiger partial charge in [-0.2, -0.15) is 0 Å². The second-order valence-electron chi connectivity index (χ2n) is 3.39. The van der Waals surface area contributed by atoms with Gasteiger partial charge < -0.3 is 21.3 Å². The molecule has 1 aromatic carbocycles. The maximum atomic E-state index is 5.07. The summed E-state index contributed by atoms with van der Waals surface area (Å²) >= 11 is 10.1. The standard InChI is InChI=1S/C11H16N4S2/c1-7-8(14-10(16)12-2)5-4-6-9(7)15-11(17)13-3/h4-6H,1-3H3,(H2,12,14,16)(H2,13,15,17). The second kappa shape index (κ2) is 6.36. The lowest BCUT2D eigenvalue weighted by molar-refractivity contribution is 1.19. The summed E-state index contributed by atoms with van der Waals surface area (Å²) in [5.74, 6) is 0. The first-order valence-electron chi connectivity index (χ1n) is 5.15. The summed E-state index contributed by atoms with van der Waals surface area (Å²) in [6.45, 7) is 2.00. The molecule has 4 N–H and O–H groups in total. The van der Waals surface area contributed by atoms with Gasteiger partial charge in [-0.15, -0.1) is 0 Å². The number of anilines is 2. The predicted octanol–water partition coefficient (Wildman–Crippen LogP) is 1.83. The summed E-state index contributed by atoms with van der Waals surface area (Å²) in [5.41, 5.74) is 2.96. The number of nitrogens with one attached hydrogen (secondary N) is 4. The highest BCUT2D eigenvalue weighted by atomic mass is 32.1. The van der Waals surface area contributed by atoms with E-state index in [0.29, 0.717) is 10.2 Å². The first-order chi connectivity index (χ1) is 8.08. The van der Waals surface area contributed by atoms with Crippen molar-refractivity contribution in [1.82, 2.24) is 10.6 Å². The molecule has 92 valence electrons. The number of thiocarbonyl (C=S) groups is 2. The van der Waals surface area contributed by atoms with Crippen molar-refractivity contribution in [3.8, 4) is 0 Å². The first kappa shape index (κ1) is 13.7. The molecule has 0 aliphatic heterocycles. The molecular formula is C11H16N4S2. The molecule has 0 heterocycles. The Balaban J connectivity index is 2.91. The molecule has 4 nitrogen and oxygen atoms in total. The summed E-state index contributed by atoms with van der Waals surface area (Å²) < 4.78 is 0. The van der Waals surface area contributed by atoms with Crippen LogP contribution in [0.3, 0.4) is 0 Å². The summed E-state index contributed by atoms with van der Waals surface area (Å²) in [4.78, 5) is 0. The zero-order chi connectivity index (χ0) is 12.8. The number of hydrogen-bond acceptors (Lipinski definition) is 2. The lowest BCUT2D eigenvalue weighted by atomic mass is 10.1. The van der Waals surface area contributed by atoms with Crippen LogP contribution in [0.4, 0.5) is 11.4 Å². The van der Waals surface area contributed by atoms with Gasteiger partial charge in [0.1, 0.15) is 0 Å². The van der Waals surface area contributed by atoms with Gasteiger partial charge >= 0.3 is 0 Å². The van der Waals surface area contributed by atoms with E-state index in [-0.39, 0.29) is 0 Å². The highest BCUT2D eigenvalue weighted by Gasteiger charge is 2.05. The van der Waals surface area contributed by atoms with Crippen LogP contribution in [-0.4, -0.2) is 24.3 Å². The normalized spacial score (nSPS) is 9.35. The lowest BCUT2D eigenvalue weighted by Gasteiger charge is -2.15. The van der Waals surface area contributed by atoms with Gasteiger partial charge in [0.15, 0.2) is 10.2 Å². The third-order valence-electron chi connectivity index (χ3n) is 2.28. The molecule has 0 aliphatic carbocycles. The Bertz CT molecular complexity index is 395. The zero-order valence-electron chi connectivity index (χ0n) is 10.0. The molecule has 6 heteroatoms. The Labute approximate surface area is 112 Å². The highest BCUT2D eigenvalue weighted by molar-refractivity contribution is 7.80. The monoisotopic (exact) mass is 268 g/mol. The molecule has 0 radical (unpaired) electrons. The van der Waals surface area contributed by atoms with Gasteiger partial charge in [-0.25, -0.2) is 0 Å². The van der Waals surface area contributed by atoms with Crippen LogP contribution in [0.25, 0.3) is 0 Å². The molecule has 0 fully saturated rings. The van der Waals surface area contributed by atoms with E-state index < -0.39 is 0 Å². The molecule has 0 saturated carbocycles. The molecule has 0 saturated heterocycles. The molecular weight excluding hydrogens is 252 g/mol. The van der Waals surface area contributed by atoms with Crippen LogP contribution >= 0.6 is 24.4 Å². The quantitative estimate of drug-likeness (QED) is 0.614. The minimum Gasteiger partial charge on any atom is -0.366 e. The number of rotatable bonds is 2. The van der Waals surface area contributed by atoms with E-state index in [4.69, 9.17) is 24.4 Å². The van der Waals surface area contributed by atoms with E-state index in [9.17, 15) is 0 Å². The van der Waals surface area contributed by atoms with Crippen LogP contribution in [0.2, 0.25) is 0 Å². The highest BCUT2D eigenvalue weighted by Crippen LogP contribution is 2.23. The topological polar surface area (TPSA) is 48.1 Å². The van der Waals surface area contributed by atoms with Crippen molar-refractivity contribution in [2.75, 3.05) is 24.7 Å². The van der Waals surface area contributed by atoms with Gasteiger partial charge in [-0.1, -0.05) is 6.07 Å². The Hall–Kier alpha value is -1.40. The third kappa shape index (κ3) is 3.83. The van der Waals surface area contributed by atoms with Crippen molar-refractivity contribution >= 4 is 46.0 Å². The molecule has 0 unspecified atom stereocenters. The molecule has 0 bridgehead atoms. The smallest absolute Gasteiger partial charge is 0.170 e. The average Bonchev–Trinajstić information content (AvgIpc) is 2.33. The maximum Gasteiger partial charge on any atom is 0.170 e.